The minimum absolute atomic E-state index is 0.0628. The minimum Gasteiger partial charge on any atom is -0.376 e. The number of tetrazole rings is 1. The average Bonchev–Trinajstić information content (AvgIpc) is 3.34. The first-order valence-corrected chi connectivity index (χ1v) is 10.7. The summed E-state index contributed by atoms with van der Waals surface area (Å²) < 4.78 is 33.2. The highest BCUT2D eigenvalue weighted by Crippen LogP contribution is 2.30. The molecule has 1 saturated heterocycles. The molecule has 0 spiro atoms. The summed E-state index contributed by atoms with van der Waals surface area (Å²) in [4.78, 5) is 12.4. The molecule has 1 aromatic carbocycles. The number of aromatic nitrogens is 4. The van der Waals surface area contributed by atoms with Gasteiger partial charge in [0.1, 0.15) is 4.90 Å². The molecule has 1 atom stereocenters. The van der Waals surface area contributed by atoms with Gasteiger partial charge in [0, 0.05) is 18.9 Å². The molecule has 0 N–H and O–H groups in total. The van der Waals surface area contributed by atoms with Crippen LogP contribution in [0.25, 0.3) is 0 Å². The number of fused-ring (bicyclic) bond motifs is 1. The molecular weight excluding hydrogens is 378 g/mol. The molecule has 1 aromatic heterocycles. The molecule has 0 bridgehead atoms. The average molecular weight is 395 g/mol. The van der Waals surface area contributed by atoms with Gasteiger partial charge < -0.3 is 4.74 Å². The maximum Gasteiger partial charge on any atom is 0.269 e. The van der Waals surface area contributed by atoms with Crippen molar-refractivity contribution in [2.75, 3.05) is 18.9 Å². The Morgan fingerprint density at radius 1 is 1.31 bits per heavy atom. The largest absolute Gasteiger partial charge is 0.376 e. The molecule has 2 aromatic rings. The highest BCUT2D eigenvalue weighted by molar-refractivity contribution is 7.99. The molecule has 1 fully saturated rings. The van der Waals surface area contributed by atoms with Crippen molar-refractivity contribution in [2.45, 2.75) is 35.5 Å². The molecule has 2 aliphatic heterocycles. The lowest BCUT2D eigenvalue weighted by atomic mass is 10.2. The zero-order valence-electron chi connectivity index (χ0n) is 13.8. The lowest BCUT2D eigenvalue weighted by molar-refractivity contribution is 0.0876. The summed E-state index contributed by atoms with van der Waals surface area (Å²) >= 11 is 1.32. The van der Waals surface area contributed by atoms with E-state index >= 15 is 0 Å². The van der Waals surface area contributed by atoms with Crippen LogP contribution in [-0.4, -0.2) is 63.8 Å². The SMILES string of the molecule is O=C1c2ccccc2S(=O)(=O)N1CCSc1nnnn1CC1CCCO1. The smallest absolute Gasteiger partial charge is 0.269 e. The maximum atomic E-state index is 12.5. The third-order valence-electron chi connectivity index (χ3n) is 4.34. The second-order valence-electron chi connectivity index (χ2n) is 6.01. The number of amides is 1. The van der Waals surface area contributed by atoms with Crippen LogP contribution in [0.3, 0.4) is 0 Å². The fourth-order valence-electron chi connectivity index (χ4n) is 3.07. The van der Waals surface area contributed by atoms with Crippen LogP contribution in [0.15, 0.2) is 34.3 Å². The van der Waals surface area contributed by atoms with E-state index in [1.807, 2.05) is 0 Å². The predicted molar refractivity (Wildman–Crippen MR) is 92.2 cm³/mol. The molecule has 4 rings (SSSR count). The molecule has 26 heavy (non-hydrogen) atoms. The molecule has 11 heteroatoms. The van der Waals surface area contributed by atoms with Crippen molar-refractivity contribution in [2.24, 2.45) is 0 Å². The standard InChI is InChI=1S/C15H17N5O4S2/c21-14-12-5-1-2-6-13(12)26(22,23)20(14)7-9-25-15-16-17-18-19(15)10-11-4-3-8-24-11/h1-2,5-6,11H,3-4,7-10H2. The van der Waals surface area contributed by atoms with Crippen molar-refractivity contribution in [3.63, 3.8) is 0 Å². The molecule has 138 valence electrons. The first-order chi connectivity index (χ1) is 12.6. The Hall–Kier alpha value is -1.98. The molecule has 9 nitrogen and oxygen atoms in total. The number of benzene rings is 1. The lowest BCUT2D eigenvalue weighted by Gasteiger charge is -2.14. The van der Waals surface area contributed by atoms with E-state index in [4.69, 9.17) is 4.74 Å². The summed E-state index contributed by atoms with van der Waals surface area (Å²) in [6.45, 7) is 1.39. The topological polar surface area (TPSA) is 107 Å². The van der Waals surface area contributed by atoms with Gasteiger partial charge in [0.25, 0.3) is 15.9 Å². The highest BCUT2D eigenvalue weighted by atomic mass is 32.2. The summed E-state index contributed by atoms with van der Waals surface area (Å²) in [5.41, 5.74) is 0.223. The first kappa shape index (κ1) is 17.4. The van der Waals surface area contributed by atoms with Crippen molar-refractivity contribution >= 4 is 27.7 Å². The third-order valence-corrected chi connectivity index (χ3v) is 7.11. The third kappa shape index (κ3) is 3.10. The molecule has 0 radical (unpaired) electrons. The number of hydrogen-bond donors (Lipinski definition) is 0. The van der Waals surface area contributed by atoms with Crippen molar-refractivity contribution < 1.29 is 17.9 Å². The van der Waals surface area contributed by atoms with E-state index in [1.54, 1.807) is 16.8 Å². The summed E-state index contributed by atoms with van der Waals surface area (Å²) in [6.07, 6.45) is 2.11. The van der Waals surface area contributed by atoms with E-state index in [0.29, 0.717) is 17.5 Å². The summed E-state index contributed by atoms with van der Waals surface area (Å²) in [5.74, 6) is -0.120. The summed E-state index contributed by atoms with van der Waals surface area (Å²) in [7, 11) is -3.77. The minimum atomic E-state index is -3.77. The number of rotatable bonds is 6. The van der Waals surface area contributed by atoms with Crippen LogP contribution in [0.5, 0.6) is 0 Å². The number of ether oxygens (including phenoxy) is 1. The molecule has 0 saturated carbocycles. The van der Waals surface area contributed by atoms with Crippen LogP contribution in [-0.2, 0) is 21.3 Å². The van der Waals surface area contributed by atoms with E-state index in [9.17, 15) is 13.2 Å². The first-order valence-electron chi connectivity index (χ1n) is 8.24. The van der Waals surface area contributed by atoms with Gasteiger partial charge >= 0.3 is 0 Å². The lowest BCUT2D eigenvalue weighted by Crippen LogP contribution is -2.32. The molecule has 2 aliphatic rings. The number of thioether (sulfide) groups is 1. The van der Waals surface area contributed by atoms with Crippen LogP contribution < -0.4 is 0 Å². The second kappa shape index (κ2) is 6.97. The van der Waals surface area contributed by atoms with Gasteiger partial charge in [-0.05, 0) is 35.4 Å². The zero-order chi connectivity index (χ0) is 18.1. The Morgan fingerprint density at radius 2 is 2.15 bits per heavy atom. The second-order valence-corrected chi connectivity index (χ2v) is 8.90. The van der Waals surface area contributed by atoms with E-state index < -0.39 is 15.9 Å². The van der Waals surface area contributed by atoms with Gasteiger partial charge in [-0.3, -0.25) is 4.79 Å². The molecule has 1 unspecified atom stereocenters. The van der Waals surface area contributed by atoms with Crippen LogP contribution in [0.1, 0.15) is 23.2 Å². The van der Waals surface area contributed by atoms with Crippen molar-refractivity contribution in [1.29, 1.82) is 0 Å². The number of nitrogens with zero attached hydrogens (tertiary/aromatic N) is 5. The van der Waals surface area contributed by atoms with Crippen LogP contribution in [0.4, 0.5) is 0 Å². The molecule has 0 aliphatic carbocycles. The number of carbonyl (C=O) groups is 1. The van der Waals surface area contributed by atoms with Gasteiger partial charge in [0.2, 0.25) is 5.16 Å². The van der Waals surface area contributed by atoms with Gasteiger partial charge in [0.05, 0.1) is 18.2 Å². The zero-order valence-corrected chi connectivity index (χ0v) is 15.4. The number of hydrogen-bond acceptors (Lipinski definition) is 8. The van der Waals surface area contributed by atoms with Gasteiger partial charge in [-0.15, -0.1) is 5.10 Å². The van der Waals surface area contributed by atoms with Crippen LogP contribution in [0.2, 0.25) is 0 Å². The fourth-order valence-corrected chi connectivity index (χ4v) is 5.56. The quantitative estimate of drug-likeness (QED) is 0.661. The Labute approximate surface area is 154 Å². The van der Waals surface area contributed by atoms with Gasteiger partial charge in [-0.1, -0.05) is 23.9 Å². The maximum absolute atomic E-state index is 12.5. The highest BCUT2D eigenvalue weighted by Gasteiger charge is 2.40. The normalized spacial score (nSPS) is 21.3. The van der Waals surface area contributed by atoms with Crippen molar-refractivity contribution in [3.05, 3.63) is 29.8 Å². The number of sulfonamides is 1. The van der Waals surface area contributed by atoms with E-state index in [-0.39, 0.29) is 23.1 Å². The summed E-state index contributed by atoms with van der Waals surface area (Å²) in [5, 5.41) is 12.2. The number of carbonyl (C=O) groups excluding carboxylic acids is 1. The van der Waals surface area contributed by atoms with Gasteiger partial charge in [0.15, 0.2) is 0 Å². The van der Waals surface area contributed by atoms with Crippen molar-refractivity contribution in [1.82, 2.24) is 24.5 Å². The molecular formula is C15H17N5O4S2. The monoisotopic (exact) mass is 395 g/mol. The van der Waals surface area contributed by atoms with Crippen LogP contribution >= 0.6 is 11.8 Å². The summed E-state index contributed by atoms with van der Waals surface area (Å²) in [6, 6.07) is 6.26. The van der Waals surface area contributed by atoms with E-state index in [2.05, 4.69) is 15.5 Å². The van der Waals surface area contributed by atoms with E-state index in [0.717, 1.165) is 23.8 Å². The Morgan fingerprint density at radius 3 is 2.92 bits per heavy atom. The molecule has 3 heterocycles. The molecule has 1 amide bonds. The Bertz CT molecular complexity index is 924. The van der Waals surface area contributed by atoms with Crippen molar-refractivity contribution in [3.8, 4) is 0 Å². The van der Waals surface area contributed by atoms with Gasteiger partial charge in [-0.25, -0.2) is 17.4 Å². The Balaban J connectivity index is 1.40. The van der Waals surface area contributed by atoms with Gasteiger partial charge in [-0.2, -0.15) is 0 Å². The fraction of sp³-hybridized carbons (Fsp3) is 0.467. The van der Waals surface area contributed by atoms with E-state index in [1.165, 1.54) is 23.9 Å². The van der Waals surface area contributed by atoms with Crippen LogP contribution in [0, 0.1) is 0 Å². The Kier molecular flexibility index (Phi) is 4.67. The predicted octanol–water partition coefficient (Wildman–Crippen LogP) is 0.789.